The van der Waals surface area contributed by atoms with E-state index in [1.54, 1.807) is 20.8 Å². The number of esters is 1. The zero-order valence-corrected chi connectivity index (χ0v) is 14.7. The van der Waals surface area contributed by atoms with E-state index in [1.807, 2.05) is 37.3 Å². The van der Waals surface area contributed by atoms with E-state index in [9.17, 15) is 14.4 Å². The second-order valence-electron chi connectivity index (χ2n) is 6.94. The number of benzene rings is 1. The molecule has 2 atom stereocenters. The number of likely N-dealkylation sites (tertiary alicyclic amines) is 1. The largest absolute Gasteiger partial charge is 0.464 e. The van der Waals surface area contributed by atoms with Crippen LogP contribution in [0.2, 0.25) is 0 Å². The van der Waals surface area contributed by atoms with Crippen molar-refractivity contribution in [3.05, 3.63) is 35.9 Å². The molecule has 1 aromatic carbocycles. The van der Waals surface area contributed by atoms with Crippen LogP contribution < -0.4 is 0 Å². The third kappa shape index (κ3) is 3.66. The topological polar surface area (TPSA) is 63.7 Å². The summed E-state index contributed by atoms with van der Waals surface area (Å²) in [6, 6.07) is 8.85. The lowest BCUT2D eigenvalue weighted by Gasteiger charge is -2.23. The zero-order chi connectivity index (χ0) is 17.9. The van der Waals surface area contributed by atoms with Crippen molar-refractivity contribution < 1.29 is 19.1 Å². The highest BCUT2D eigenvalue weighted by Gasteiger charge is 2.51. The van der Waals surface area contributed by atoms with Crippen LogP contribution in [0, 0.1) is 5.41 Å². The second-order valence-corrected chi connectivity index (χ2v) is 6.94. The van der Waals surface area contributed by atoms with Gasteiger partial charge in [0.05, 0.1) is 6.61 Å². The first kappa shape index (κ1) is 18.2. The Bertz CT molecular complexity index is 624. The van der Waals surface area contributed by atoms with Gasteiger partial charge in [0.25, 0.3) is 0 Å². The molecule has 1 aliphatic rings. The van der Waals surface area contributed by atoms with Crippen LogP contribution in [0.25, 0.3) is 0 Å². The summed E-state index contributed by atoms with van der Waals surface area (Å²) in [5.41, 5.74) is 0.299. The number of carbonyl (C=O) groups is 3. The maximum atomic E-state index is 12.7. The average molecular weight is 331 g/mol. The summed E-state index contributed by atoms with van der Waals surface area (Å²) in [6.45, 7) is 7.40. The van der Waals surface area contributed by atoms with E-state index in [4.69, 9.17) is 4.74 Å². The van der Waals surface area contributed by atoms with Crippen molar-refractivity contribution in [3.8, 4) is 0 Å². The monoisotopic (exact) mass is 331 g/mol. The summed E-state index contributed by atoms with van der Waals surface area (Å²) in [7, 11) is 0. The maximum absolute atomic E-state index is 12.7. The van der Waals surface area contributed by atoms with Gasteiger partial charge in [-0.1, -0.05) is 51.1 Å². The molecule has 2 rings (SSSR count). The van der Waals surface area contributed by atoms with E-state index < -0.39 is 17.4 Å². The maximum Gasteiger partial charge on any atom is 0.329 e. The minimum absolute atomic E-state index is 0.0296. The fourth-order valence-corrected chi connectivity index (χ4v) is 3.10. The number of carbonyl (C=O) groups excluding carboxylic acids is 3. The number of rotatable bonds is 5. The molecule has 0 aromatic heterocycles. The predicted molar refractivity (Wildman–Crippen MR) is 90.1 cm³/mol. The lowest BCUT2D eigenvalue weighted by molar-refractivity contribution is -0.158. The summed E-state index contributed by atoms with van der Waals surface area (Å²) in [4.78, 5) is 38.7. The summed E-state index contributed by atoms with van der Waals surface area (Å²) in [5.74, 6) is -1.15. The molecule has 2 amide bonds. The van der Waals surface area contributed by atoms with Crippen LogP contribution in [-0.2, 0) is 19.1 Å². The Morgan fingerprint density at radius 3 is 2.50 bits per heavy atom. The van der Waals surface area contributed by atoms with E-state index in [-0.39, 0.29) is 30.8 Å². The highest BCUT2D eigenvalue weighted by molar-refractivity contribution is 6.04. The van der Waals surface area contributed by atoms with Crippen molar-refractivity contribution in [2.24, 2.45) is 5.41 Å². The Balaban J connectivity index is 2.18. The number of hydrogen-bond donors (Lipinski definition) is 0. The van der Waals surface area contributed by atoms with Gasteiger partial charge in [0, 0.05) is 11.8 Å². The molecular formula is C19H25NO4. The number of amides is 2. The van der Waals surface area contributed by atoms with Crippen molar-refractivity contribution in [1.82, 2.24) is 4.90 Å². The zero-order valence-electron chi connectivity index (χ0n) is 14.7. The number of imide groups is 1. The Labute approximate surface area is 143 Å². The molecule has 0 N–H and O–H groups in total. The average Bonchev–Trinajstić information content (AvgIpc) is 2.79. The molecule has 5 nitrogen and oxygen atoms in total. The van der Waals surface area contributed by atoms with Crippen LogP contribution in [0.3, 0.4) is 0 Å². The molecular weight excluding hydrogens is 306 g/mol. The Morgan fingerprint density at radius 2 is 1.92 bits per heavy atom. The first-order valence-corrected chi connectivity index (χ1v) is 8.36. The Kier molecular flexibility index (Phi) is 5.42. The van der Waals surface area contributed by atoms with Gasteiger partial charge >= 0.3 is 5.97 Å². The molecule has 0 saturated carbocycles. The smallest absolute Gasteiger partial charge is 0.329 e. The van der Waals surface area contributed by atoms with Gasteiger partial charge in [-0.15, -0.1) is 0 Å². The number of ether oxygens (including phenoxy) is 1. The van der Waals surface area contributed by atoms with Gasteiger partial charge in [-0.3, -0.25) is 14.5 Å². The van der Waals surface area contributed by atoms with Gasteiger partial charge in [-0.25, -0.2) is 4.79 Å². The van der Waals surface area contributed by atoms with E-state index in [0.717, 1.165) is 10.5 Å². The molecule has 0 bridgehead atoms. The third-order valence-corrected chi connectivity index (χ3v) is 4.49. The molecule has 1 fully saturated rings. The molecule has 24 heavy (non-hydrogen) atoms. The fourth-order valence-electron chi connectivity index (χ4n) is 3.10. The molecule has 1 heterocycles. The normalized spacial score (nSPS) is 20.8. The third-order valence-electron chi connectivity index (χ3n) is 4.49. The lowest BCUT2D eigenvalue weighted by Crippen LogP contribution is -2.44. The van der Waals surface area contributed by atoms with Crippen LogP contribution in [0.5, 0.6) is 0 Å². The van der Waals surface area contributed by atoms with Crippen LogP contribution in [0.1, 0.15) is 52.0 Å². The molecule has 0 radical (unpaired) electrons. The van der Waals surface area contributed by atoms with Crippen molar-refractivity contribution in [2.45, 2.75) is 52.5 Å². The van der Waals surface area contributed by atoms with Crippen molar-refractivity contribution in [1.29, 1.82) is 0 Å². The highest BCUT2D eigenvalue weighted by atomic mass is 16.5. The van der Waals surface area contributed by atoms with Crippen molar-refractivity contribution in [3.63, 3.8) is 0 Å². The fraction of sp³-hybridized carbons (Fsp3) is 0.526. The summed E-state index contributed by atoms with van der Waals surface area (Å²) < 4.78 is 5.05. The van der Waals surface area contributed by atoms with Crippen LogP contribution in [0.4, 0.5) is 0 Å². The second kappa shape index (κ2) is 7.16. The molecule has 1 saturated heterocycles. The minimum Gasteiger partial charge on any atom is -0.464 e. The molecule has 1 aliphatic heterocycles. The first-order valence-electron chi connectivity index (χ1n) is 8.36. The SMILES string of the molecule is CCOC(=O)[C@@H]1CC(C)(C)C(=O)N1C(=O)C[C@H](C)c1ccccc1. The van der Waals surface area contributed by atoms with Gasteiger partial charge in [-0.05, 0) is 24.8 Å². The van der Waals surface area contributed by atoms with Gasteiger partial charge in [0.1, 0.15) is 6.04 Å². The van der Waals surface area contributed by atoms with E-state index in [0.29, 0.717) is 6.42 Å². The predicted octanol–water partition coefficient (Wildman–Crippen LogP) is 2.90. The Hall–Kier alpha value is -2.17. The standard InChI is InChI=1S/C19H25NO4/c1-5-24-17(22)15-12-19(3,4)18(23)20(15)16(21)11-13(2)14-9-7-6-8-10-14/h6-10,13,15H,5,11-12H2,1-4H3/t13-,15-/m0/s1. The van der Waals surface area contributed by atoms with E-state index >= 15 is 0 Å². The van der Waals surface area contributed by atoms with E-state index in [1.165, 1.54) is 0 Å². The van der Waals surface area contributed by atoms with Gasteiger partial charge in [0.15, 0.2) is 0 Å². The summed E-state index contributed by atoms with van der Waals surface area (Å²) in [6.07, 6.45) is 0.484. The lowest BCUT2D eigenvalue weighted by atomic mass is 9.90. The first-order chi connectivity index (χ1) is 11.3. The van der Waals surface area contributed by atoms with Crippen molar-refractivity contribution >= 4 is 17.8 Å². The number of hydrogen-bond acceptors (Lipinski definition) is 4. The van der Waals surface area contributed by atoms with Crippen LogP contribution >= 0.6 is 0 Å². The molecule has 0 spiro atoms. The van der Waals surface area contributed by atoms with Crippen molar-refractivity contribution in [2.75, 3.05) is 6.61 Å². The number of nitrogens with zero attached hydrogens (tertiary/aromatic N) is 1. The molecule has 1 aromatic rings. The molecule has 130 valence electrons. The van der Waals surface area contributed by atoms with E-state index in [2.05, 4.69) is 0 Å². The molecule has 5 heteroatoms. The highest BCUT2D eigenvalue weighted by Crippen LogP contribution is 2.37. The quantitative estimate of drug-likeness (QED) is 0.778. The summed E-state index contributed by atoms with van der Waals surface area (Å²) >= 11 is 0. The van der Waals surface area contributed by atoms with Gasteiger partial charge < -0.3 is 4.74 Å². The summed E-state index contributed by atoms with van der Waals surface area (Å²) in [5, 5.41) is 0. The Morgan fingerprint density at radius 1 is 1.29 bits per heavy atom. The van der Waals surface area contributed by atoms with Crippen LogP contribution in [0.15, 0.2) is 30.3 Å². The van der Waals surface area contributed by atoms with Gasteiger partial charge in [0.2, 0.25) is 11.8 Å². The van der Waals surface area contributed by atoms with Crippen LogP contribution in [-0.4, -0.2) is 35.3 Å². The molecule has 0 aliphatic carbocycles. The van der Waals surface area contributed by atoms with Gasteiger partial charge in [-0.2, -0.15) is 0 Å². The minimum atomic E-state index is -0.817. The molecule has 0 unspecified atom stereocenters.